The van der Waals surface area contributed by atoms with Crippen molar-refractivity contribution in [3.05, 3.63) is 28.8 Å². The summed E-state index contributed by atoms with van der Waals surface area (Å²) in [6, 6.07) is 3.40. The zero-order valence-electron chi connectivity index (χ0n) is 13.2. The number of amides is 1. The molecule has 0 aliphatic heterocycles. The van der Waals surface area contributed by atoms with Gasteiger partial charge in [-0.2, -0.15) is 0 Å². The predicted octanol–water partition coefficient (Wildman–Crippen LogP) is 1.45. The monoisotopic (exact) mass is 362 g/mol. The van der Waals surface area contributed by atoms with E-state index in [2.05, 4.69) is 5.32 Å². The number of benzene rings is 1. The van der Waals surface area contributed by atoms with Gasteiger partial charge in [-0.05, 0) is 45.9 Å². The summed E-state index contributed by atoms with van der Waals surface area (Å²) in [4.78, 5) is 23.7. The number of hydrogen-bond acceptors (Lipinski definition) is 5. The van der Waals surface area contributed by atoms with Crippen LogP contribution in [0.2, 0.25) is 5.02 Å². The second-order valence-corrected chi connectivity index (χ2v) is 7.94. The van der Waals surface area contributed by atoms with Gasteiger partial charge in [-0.3, -0.25) is 4.79 Å². The fraction of sp³-hybridized carbons (Fsp3) is 0.429. The van der Waals surface area contributed by atoms with E-state index in [1.54, 1.807) is 20.8 Å². The Hall–Kier alpha value is -1.64. The Morgan fingerprint density at radius 3 is 2.35 bits per heavy atom. The Balaban J connectivity index is 2.96. The first kappa shape index (κ1) is 19.4. The van der Waals surface area contributed by atoms with Gasteiger partial charge in [0.05, 0.1) is 15.5 Å². The highest BCUT2D eigenvalue weighted by Gasteiger charge is 2.24. The van der Waals surface area contributed by atoms with E-state index < -0.39 is 33.5 Å². The highest BCUT2D eigenvalue weighted by atomic mass is 35.5. The lowest BCUT2D eigenvalue weighted by molar-refractivity contribution is -0.130. The van der Waals surface area contributed by atoms with E-state index in [1.807, 2.05) is 0 Å². The first-order valence-corrected chi connectivity index (χ1v) is 8.59. The predicted molar refractivity (Wildman–Crippen MR) is 85.6 cm³/mol. The topological polar surface area (TPSA) is 116 Å². The molecule has 3 N–H and O–H groups in total. The van der Waals surface area contributed by atoms with Crippen molar-refractivity contribution in [1.29, 1.82) is 0 Å². The molecule has 1 atom stereocenters. The third kappa shape index (κ3) is 5.81. The van der Waals surface area contributed by atoms with Gasteiger partial charge < -0.3 is 10.1 Å². The maximum atomic E-state index is 12.1. The number of ether oxygens (including phenoxy) is 1. The quantitative estimate of drug-likeness (QED) is 0.786. The van der Waals surface area contributed by atoms with Gasteiger partial charge in [0.15, 0.2) is 6.10 Å². The molecule has 7 nitrogen and oxygen atoms in total. The number of halogens is 1. The van der Waals surface area contributed by atoms with Gasteiger partial charge in [-0.15, -0.1) is 0 Å². The third-order valence-corrected chi connectivity index (χ3v) is 3.88. The zero-order valence-corrected chi connectivity index (χ0v) is 14.8. The van der Waals surface area contributed by atoms with Crippen molar-refractivity contribution < 1.29 is 22.7 Å². The molecule has 128 valence electrons. The third-order valence-electron chi connectivity index (χ3n) is 2.64. The molecule has 0 fully saturated rings. The number of esters is 1. The van der Waals surface area contributed by atoms with Crippen LogP contribution in [0, 0.1) is 0 Å². The Kier molecular flexibility index (Phi) is 5.79. The Bertz CT molecular complexity index is 725. The molecule has 1 amide bonds. The average molecular weight is 363 g/mol. The van der Waals surface area contributed by atoms with Crippen molar-refractivity contribution in [2.75, 3.05) is 0 Å². The Labute approximate surface area is 140 Å². The van der Waals surface area contributed by atoms with E-state index >= 15 is 0 Å². The second kappa shape index (κ2) is 6.86. The minimum Gasteiger partial charge on any atom is -0.449 e. The summed E-state index contributed by atoms with van der Waals surface area (Å²) in [6.45, 7) is 6.75. The number of carbonyl (C=O) groups excluding carboxylic acids is 2. The number of nitrogens with two attached hydrogens (primary N) is 1. The summed E-state index contributed by atoms with van der Waals surface area (Å²) in [5.74, 6) is -1.40. The standard InChI is InChI=1S/C14H19ClN2O5S/c1-8(12(18)17-14(2,3)4)22-13(19)10-7-9(23(16,20)21)5-6-11(10)15/h5-8H,1-4H3,(H,17,18)(H2,16,20,21)/t8-/m1/s1. The van der Waals surface area contributed by atoms with E-state index in [1.165, 1.54) is 19.1 Å². The average Bonchev–Trinajstić information content (AvgIpc) is 2.35. The van der Waals surface area contributed by atoms with Crippen LogP contribution >= 0.6 is 11.6 Å². The number of primary sulfonamides is 1. The number of nitrogens with one attached hydrogen (secondary N) is 1. The van der Waals surface area contributed by atoms with Crippen LogP contribution in [0.5, 0.6) is 0 Å². The molecule has 0 aliphatic rings. The van der Waals surface area contributed by atoms with E-state index in [9.17, 15) is 18.0 Å². The molecule has 0 spiro atoms. The highest BCUT2D eigenvalue weighted by molar-refractivity contribution is 7.89. The first-order valence-electron chi connectivity index (χ1n) is 6.66. The smallest absolute Gasteiger partial charge is 0.340 e. The molecular weight excluding hydrogens is 344 g/mol. The molecule has 9 heteroatoms. The van der Waals surface area contributed by atoms with Gasteiger partial charge in [0, 0.05) is 5.54 Å². The first-order chi connectivity index (χ1) is 10.3. The van der Waals surface area contributed by atoms with Crippen molar-refractivity contribution in [2.24, 2.45) is 5.14 Å². The van der Waals surface area contributed by atoms with Crippen LogP contribution in [0.3, 0.4) is 0 Å². The van der Waals surface area contributed by atoms with E-state index in [4.69, 9.17) is 21.5 Å². The minimum absolute atomic E-state index is 0.00849. The lowest BCUT2D eigenvalue weighted by atomic mass is 10.1. The van der Waals surface area contributed by atoms with Gasteiger partial charge in [-0.25, -0.2) is 18.4 Å². The summed E-state index contributed by atoms with van der Waals surface area (Å²) < 4.78 is 27.7. The van der Waals surface area contributed by atoms with Crippen LogP contribution in [-0.4, -0.2) is 31.9 Å². The summed E-state index contributed by atoms with van der Waals surface area (Å²) in [6.07, 6.45) is -1.07. The number of carbonyl (C=O) groups is 2. The highest BCUT2D eigenvalue weighted by Crippen LogP contribution is 2.21. The minimum atomic E-state index is -3.99. The lowest BCUT2D eigenvalue weighted by Crippen LogP contribution is -2.46. The van der Waals surface area contributed by atoms with Gasteiger partial charge in [0.25, 0.3) is 5.91 Å². The molecule has 0 saturated heterocycles. The van der Waals surface area contributed by atoms with Gasteiger partial charge in [0.1, 0.15) is 0 Å². The molecule has 0 radical (unpaired) electrons. The number of hydrogen-bond donors (Lipinski definition) is 2. The summed E-state index contributed by atoms with van der Waals surface area (Å²) in [7, 11) is -3.99. The lowest BCUT2D eigenvalue weighted by Gasteiger charge is -2.23. The van der Waals surface area contributed by atoms with Gasteiger partial charge >= 0.3 is 5.97 Å². The molecule has 1 aromatic rings. The van der Waals surface area contributed by atoms with E-state index in [0.717, 1.165) is 6.07 Å². The van der Waals surface area contributed by atoms with Crippen molar-refractivity contribution >= 4 is 33.5 Å². The van der Waals surface area contributed by atoms with E-state index in [0.29, 0.717) is 0 Å². The SMILES string of the molecule is C[C@@H](OC(=O)c1cc(S(N)(=O)=O)ccc1Cl)C(=O)NC(C)(C)C. The van der Waals surface area contributed by atoms with Crippen molar-refractivity contribution in [3.63, 3.8) is 0 Å². The molecule has 0 aliphatic carbocycles. The molecule has 1 rings (SSSR count). The molecule has 0 unspecified atom stereocenters. The summed E-state index contributed by atoms with van der Waals surface area (Å²) in [5.41, 5.74) is -0.670. The Morgan fingerprint density at radius 2 is 1.87 bits per heavy atom. The maximum Gasteiger partial charge on any atom is 0.340 e. The van der Waals surface area contributed by atoms with Crippen molar-refractivity contribution in [2.45, 2.75) is 44.2 Å². The normalized spacial score (nSPS) is 13.3. The van der Waals surface area contributed by atoms with Crippen LogP contribution in [0.15, 0.2) is 23.1 Å². The molecule has 23 heavy (non-hydrogen) atoms. The van der Waals surface area contributed by atoms with Crippen LogP contribution in [0.4, 0.5) is 0 Å². The van der Waals surface area contributed by atoms with Crippen LogP contribution in [-0.2, 0) is 19.6 Å². The van der Waals surface area contributed by atoms with Crippen molar-refractivity contribution in [1.82, 2.24) is 5.32 Å². The zero-order chi connectivity index (χ0) is 18.0. The van der Waals surface area contributed by atoms with Crippen LogP contribution in [0.25, 0.3) is 0 Å². The number of sulfonamides is 1. The summed E-state index contributed by atoms with van der Waals surface area (Å²) >= 11 is 5.87. The molecule has 0 heterocycles. The Morgan fingerprint density at radius 1 is 1.30 bits per heavy atom. The molecule has 0 saturated carbocycles. The fourth-order valence-corrected chi connectivity index (χ4v) is 2.32. The summed E-state index contributed by atoms with van der Waals surface area (Å²) in [5, 5.41) is 7.66. The maximum absolute atomic E-state index is 12.1. The van der Waals surface area contributed by atoms with E-state index in [-0.39, 0.29) is 15.5 Å². The molecular formula is C14H19ClN2O5S. The van der Waals surface area contributed by atoms with Crippen LogP contribution in [0.1, 0.15) is 38.1 Å². The second-order valence-electron chi connectivity index (χ2n) is 5.97. The number of rotatable bonds is 4. The van der Waals surface area contributed by atoms with Crippen molar-refractivity contribution in [3.8, 4) is 0 Å². The molecule has 0 bridgehead atoms. The largest absolute Gasteiger partial charge is 0.449 e. The van der Waals surface area contributed by atoms with Crippen LogP contribution < -0.4 is 10.5 Å². The molecule has 0 aromatic heterocycles. The molecule has 1 aromatic carbocycles. The van der Waals surface area contributed by atoms with Gasteiger partial charge in [-0.1, -0.05) is 11.6 Å². The van der Waals surface area contributed by atoms with Gasteiger partial charge in [0.2, 0.25) is 10.0 Å². The fourth-order valence-electron chi connectivity index (χ4n) is 1.59.